The summed E-state index contributed by atoms with van der Waals surface area (Å²) >= 11 is 1.50. The van der Waals surface area contributed by atoms with Gasteiger partial charge in [-0.05, 0) is 25.0 Å². The summed E-state index contributed by atoms with van der Waals surface area (Å²) in [5, 5.41) is 8.98. The van der Waals surface area contributed by atoms with Crippen molar-refractivity contribution in [3.05, 3.63) is 30.3 Å². The van der Waals surface area contributed by atoms with E-state index in [1.165, 1.54) is 11.8 Å². The summed E-state index contributed by atoms with van der Waals surface area (Å²) < 4.78 is 0. The van der Waals surface area contributed by atoms with Gasteiger partial charge in [0.2, 0.25) is 5.91 Å². The van der Waals surface area contributed by atoms with E-state index in [0.29, 0.717) is 12.3 Å². The van der Waals surface area contributed by atoms with Gasteiger partial charge < -0.3 is 10.0 Å². The summed E-state index contributed by atoms with van der Waals surface area (Å²) in [6.07, 6.45) is 1.99. The predicted octanol–water partition coefficient (Wildman–Crippen LogP) is 2.49. The van der Waals surface area contributed by atoms with Gasteiger partial charge in [0.15, 0.2) is 0 Å². The molecule has 1 saturated carbocycles. The molecule has 1 N–H and O–H groups in total. The van der Waals surface area contributed by atoms with E-state index in [4.69, 9.17) is 5.11 Å². The minimum atomic E-state index is -0.848. The number of carboxylic acids is 1. The molecule has 2 rings (SSSR count). The lowest BCUT2D eigenvalue weighted by Crippen LogP contribution is -2.39. The lowest BCUT2D eigenvalue weighted by Gasteiger charge is -2.24. The largest absolute Gasteiger partial charge is 0.481 e. The molecule has 1 aromatic rings. The SMILES string of the molecule is CC(CN(C(=O)CSc1ccccc1)C1CC1)C(=O)O. The summed E-state index contributed by atoms with van der Waals surface area (Å²) in [6.45, 7) is 1.96. The Morgan fingerprint density at radius 2 is 2.00 bits per heavy atom. The van der Waals surface area contributed by atoms with Crippen LogP contribution in [0.25, 0.3) is 0 Å². The molecule has 5 heteroatoms. The van der Waals surface area contributed by atoms with Gasteiger partial charge in [0.1, 0.15) is 0 Å². The van der Waals surface area contributed by atoms with Gasteiger partial charge in [-0.25, -0.2) is 0 Å². The lowest BCUT2D eigenvalue weighted by molar-refractivity contribution is -0.142. The van der Waals surface area contributed by atoms with Crippen LogP contribution in [0.5, 0.6) is 0 Å². The van der Waals surface area contributed by atoms with E-state index in [9.17, 15) is 9.59 Å². The monoisotopic (exact) mass is 293 g/mol. The van der Waals surface area contributed by atoms with Crippen LogP contribution >= 0.6 is 11.8 Å². The fourth-order valence-corrected chi connectivity index (χ4v) is 2.76. The van der Waals surface area contributed by atoms with Crippen LogP contribution in [0.1, 0.15) is 19.8 Å². The van der Waals surface area contributed by atoms with Gasteiger partial charge in [0, 0.05) is 17.5 Å². The number of carbonyl (C=O) groups is 2. The van der Waals surface area contributed by atoms with Crippen molar-refractivity contribution in [1.29, 1.82) is 0 Å². The lowest BCUT2D eigenvalue weighted by atomic mass is 10.1. The summed E-state index contributed by atoms with van der Waals surface area (Å²) in [6, 6.07) is 10.0. The number of thioether (sulfide) groups is 1. The van der Waals surface area contributed by atoms with Gasteiger partial charge >= 0.3 is 5.97 Å². The Morgan fingerprint density at radius 3 is 2.55 bits per heavy atom. The number of benzene rings is 1. The second-order valence-corrected chi connectivity index (χ2v) is 6.17. The van der Waals surface area contributed by atoms with E-state index in [-0.39, 0.29) is 11.9 Å². The van der Waals surface area contributed by atoms with Crippen LogP contribution in [0.3, 0.4) is 0 Å². The molecular weight excluding hydrogens is 274 g/mol. The van der Waals surface area contributed by atoms with Gasteiger partial charge in [0.25, 0.3) is 0 Å². The third-order valence-electron chi connectivity index (χ3n) is 3.31. The Bertz CT molecular complexity index is 473. The highest BCUT2D eigenvalue weighted by Crippen LogP contribution is 2.29. The maximum absolute atomic E-state index is 12.3. The maximum atomic E-state index is 12.3. The normalized spacial score (nSPS) is 15.7. The van der Waals surface area contributed by atoms with Gasteiger partial charge in [-0.2, -0.15) is 0 Å². The second kappa shape index (κ2) is 6.79. The Hall–Kier alpha value is -1.49. The number of carboxylic acid groups (broad SMARTS) is 1. The highest BCUT2D eigenvalue weighted by atomic mass is 32.2. The number of hydrogen-bond donors (Lipinski definition) is 1. The molecule has 0 saturated heterocycles. The minimum absolute atomic E-state index is 0.0365. The molecule has 1 fully saturated rings. The van der Waals surface area contributed by atoms with Crippen LogP contribution < -0.4 is 0 Å². The molecule has 1 unspecified atom stereocenters. The third kappa shape index (κ3) is 4.27. The minimum Gasteiger partial charge on any atom is -0.481 e. The number of carbonyl (C=O) groups excluding carboxylic acids is 1. The smallest absolute Gasteiger partial charge is 0.308 e. The van der Waals surface area contributed by atoms with Gasteiger partial charge in [-0.3, -0.25) is 9.59 Å². The van der Waals surface area contributed by atoms with Crippen LogP contribution in [-0.4, -0.2) is 40.2 Å². The Morgan fingerprint density at radius 1 is 1.35 bits per heavy atom. The van der Waals surface area contributed by atoms with Crippen LogP contribution in [-0.2, 0) is 9.59 Å². The van der Waals surface area contributed by atoms with Crippen molar-refractivity contribution in [2.45, 2.75) is 30.7 Å². The molecule has 0 aromatic heterocycles. The first kappa shape index (κ1) is 14.9. The quantitative estimate of drug-likeness (QED) is 0.785. The van der Waals surface area contributed by atoms with Crippen molar-refractivity contribution < 1.29 is 14.7 Å². The molecular formula is C15H19NO3S. The zero-order valence-electron chi connectivity index (χ0n) is 11.5. The molecule has 1 aliphatic rings. The molecule has 1 atom stereocenters. The van der Waals surface area contributed by atoms with E-state index in [1.807, 2.05) is 30.3 Å². The first-order valence-corrected chi connectivity index (χ1v) is 7.76. The van der Waals surface area contributed by atoms with Crippen LogP contribution in [0.15, 0.2) is 35.2 Å². The standard InChI is InChI=1S/C15H19NO3S/c1-11(15(18)19)9-16(12-7-8-12)14(17)10-20-13-5-3-2-4-6-13/h2-6,11-12H,7-10H2,1H3,(H,18,19). The van der Waals surface area contributed by atoms with Crippen molar-refractivity contribution in [3.8, 4) is 0 Å². The zero-order valence-corrected chi connectivity index (χ0v) is 12.3. The number of aliphatic carboxylic acids is 1. The van der Waals surface area contributed by atoms with Crippen LogP contribution in [0.2, 0.25) is 0 Å². The molecule has 1 aromatic carbocycles. The van der Waals surface area contributed by atoms with Crippen molar-refractivity contribution in [2.75, 3.05) is 12.3 Å². The summed E-state index contributed by atoms with van der Waals surface area (Å²) in [5.74, 6) is -0.956. The van der Waals surface area contributed by atoms with Crippen molar-refractivity contribution >= 4 is 23.6 Å². The molecule has 4 nitrogen and oxygen atoms in total. The Labute approximate surface area is 123 Å². The number of amides is 1. The van der Waals surface area contributed by atoms with Gasteiger partial charge in [-0.15, -0.1) is 11.8 Å². The molecule has 0 heterocycles. The average molecular weight is 293 g/mol. The molecule has 1 aliphatic carbocycles. The molecule has 0 bridgehead atoms. The molecule has 0 aliphatic heterocycles. The van der Waals surface area contributed by atoms with Crippen LogP contribution in [0, 0.1) is 5.92 Å². The van der Waals surface area contributed by atoms with E-state index in [0.717, 1.165) is 17.7 Å². The van der Waals surface area contributed by atoms with Crippen molar-refractivity contribution in [1.82, 2.24) is 4.90 Å². The number of hydrogen-bond acceptors (Lipinski definition) is 3. The summed E-state index contributed by atoms with van der Waals surface area (Å²) in [5.41, 5.74) is 0. The van der Waals surface area contributed by atoms with Gasteiger partial charge in [-0.1, -0.05) is 25.1 Å². The molecule has 0 spiro atoms. The Kier molecular flexibility index (Phi) is 5.06. The van der Waals surface area contributed by atoms with Crippen molar-refractivity contribution in [2.24, 2.45) is 5.92 Å². The topological polar surface area (TPSA) is 57.6 Å². The number of nitrogens with zero attached hydrogens (tertiary/aromatic N) is 1. The highest BCUT2D eigenvalue weighted by molar-refractivity contribution is 8.00. The summed E-state index contributed by atoms with van der Waals surface area (Å²) in [4.78, 5) is 26.0. The van der Waals surface area contributed by atoms with E-state index in [1.54, 1.807) is 11.8 Å². The average Bonchev–Trinajstić information content (AvgIpc) is 3.27. The first-order valence-electron chi connectivity index (χ1n) is 6.78. The third-order valence-corrected chi connectivity index (χ3v) is 4.30. The van der Waals surface area contributed by atoms with Crippen molar-refractivity contribution in [3.63, 3.8) is 0 Å². The molecule has 1 amide bonds. The molecule has 108 valence electrons. The fourth-order valence-electron chi connectivity index (χ4n) is 1.96. The maximum Gasteiger partial charge on any atom is 0.308 e. The Balaban J connectivity index is 1.89. The number of rotatable bonds is 7. The highest BCUT2D eigenvalue weighted by Gasteiger charge is 2.34. The fraction of sp³-hybridized carbons (Fsp3) is 0.467. The first-order chi connectivity index (χ1) is 9.58. The summed E-state index contributed by atoms with van der Waals surface area (Å²) in [7, 11) is 0. The second-order valence-electron chi connectivity index (χ2n) is 5.12. The molecule has 20 heavy (non-hydrogen) atoms. The van der Waals surface area contributed by atoms with E-state index >= 15 is 0 Å². The zero-order chi connectivity index (χ0) is 14.5. The predicted molar refractivity (Wildman–Crippen MR) is 78.7 cm³/mol. The van der Waals surface area contributed by atoms with Gasteiger partial charge in [0.05, 0.1) is 11.7 Å². The molecule has 0 radical (unpaired) electrons. The van der Waals surface area contributed by atoms with Crippen LogP contribution in [0.4, 0.5) is 0 Å². The van der Waals surface area contributed by atoms with E-state index < -0.39 is 11.9 Å². The van der Waals surface area contributed by atoms with E-state index in [2.05, 4.69) is 0 Å².